The highest BCUT2D eigenvalue weighted by Gasteiger charge is 2.20. The molecule has 0 aliphatic heterocycles. The van der Waals surface area contributed by atoms with Crippen LogP contribution in [0.25, 0.3) is 0 Å². The Hall–Kier alpha value is -2.94. The maximum atomic E-state index is 13.4. The lowest BCUT2D eigenvalue weighted by molar-refractivity contribution is 0.0741. The number of nitrogens with zero attached hydrogens (tertiary/aromatic N) is 2. The van der Waals surface area contributed by atoms with Gasteiger partial charge in [0, 0.05) is 18.3 Å². The summed E-state index contributed by atoms with van der Waals surface area (Å²) in [5.74, 6) is 0.0755. The van der Waals surface area contributed by atoms with Crippen LogP contribution in [0.2, 0.25) is 0 Å². The normalized spacial score (nSPS) is 10.6. The molecule has 27 heavy (non-hydrogen) atoms. The molecule has 0 fully saturated rings. The van der Waals surface area contributed by atoms with E-state index in [4.69, 9.17) is 0 Å². The lowest BCUT2D eigenvalue weighted by atomic mass is 9.98. The molecule has 3 rings (SSSR count). The fraction of sp³-hybridized carbons (Fsp3) is 0.250. The maximum Gasteiger partial charge on any atom is 0.254 e. The zero-order valence-electron chi connectivity index (χ0n) is 16.3. The second-order valence-corrected chi connectivity index (χ2v) is 7.06. The molecule has 0 bridgehead atoms. The quantitative estimate of drug-likeness (QED) is 0.628. The lowest BCUT2D eigenvalue weighted by Gasteiger charge is -2.24. The van der Waals surface area contributed by atoms with E-state index in [2.05, 4.69) is 36.2 Å². The van der Waals surface area contributed by atoms with Gasteiger partial charge in [-0.1, -0.05) is 54.1 Å². The van der Waals surface area contributed by atoms with Gasteiger partial charge in [0.15, 0.2) is 0 Å². The van der Waals surface area contributed by atoms with Gasteiger partial charge in [-0.2, -0.15) is 0 Å². The Morgan fingerprint density at radius 3 is 2.22 bits per heavy atom. The van der Waals surface area contributed by atoms with Crippen LogP contribution in [-0.2, 0) is 13.0 Å². The first-order valence-corrected chi connectivity index (χ1v) is 9.35. The first kappa shape index (κ1) is 18.8. The number of carbonyl (C=O) groups excluding carboxylic acids is 1. The van der Waals surface area contributed by atoms with Crippen molar-refractivity contribution in [2.45, 2.75) is 33.7 Å². The largest absolute Gasteiger partial charge is 0.332 e. The highest BCUT2D eigenvalue weighted by molar-refractivity contribution is 5.97. The van der Waals surface area contributed by atoms with Crippen molar-refractivity contribution < 1.29 is 4.79 Å². The molecule has 1 heterocycles. The fourth-order valence-electron chi connectivity index (χ4n) is 3.52. The third-order valence-electron chi connectivity index (χ3n) is 4.77. The van der Waals surface area contributed by atoms with E-state index in [0.717, 1.165) is 28.8 Å². The van der Waals surface area contributed by atoms with Crippen LogP contribution in [0.3, 0.4) is 0 Å². The molecule has 0 saturated heterocycles. The van der Waals surface area contributed by atoms with Crippen molar-refractivity contribution in [1.82, 2.24) is 9.88 Å². The average Bonchev–Trinajstić information content (AvgIpc) is 2.66. The van der Waals surface area contributed by atoms with Crippen molar-refractivity contribution in [3.05, 3.63) is 100 Å². The van der Waals surface area contributed by atoms with Crippen molar-refractivity contribution >= 4 is 5.91 Å². The number of hydrogen-bond acceptors (Lipinski definition) is 2. The molecule has 3 heteroatoms. The minimum atomic E-state index is 0.0755. The second kappa shape index (κ2) is 8.63. The van der Waals surface area contributed by atoms with Crippen LogP contribution < -0.4 is 0 Å². The van der Waals surface area contributed by atoms with Gasteiger partial charge in [-0.05, 0) is 56.0 Å². The third-order valence-corrected chi connectivity index (χ3v) is 4.77. The van der Waals surface area contributed by atoms with Crippen molar-refractivity contribution in [2.75, 3.05) is 6.54 Å². The summed E-state index contributed by atoms with van der Waals surface area (Å²) in [6, 6.07) is 20.3. The van der Waals surface area contributed by atoms with E-state index in [0.29, 0.717) is 13.1 Å². The van der Waals surface area contributed by atoms with Gasteiger partial charge < -0.3 is 4.90 Å². The number of rotatable bonds is 6. The van der Waals surface area contributed by atoms with Crippen LogP contribution in [0.15, 0.2) is 66.9 Å². The molecule has 0 aliphatic rings. The first-order chi connectivity index (χ1) is 13.0. The zero-order valence-corrected chi connectivity index (χ0v) is 16.3. The van der Waals surface area contributed by atoms with Crippen LogP contribution in [0.4, 0.5) is 0 Å². The Kier molecular flexibility index (Phi) is 6.02. The van der Waals surface area contributed by atoms with Gasteiger partial charge in [-0.15, -0.1) is 0 Å². The molecule has 1 amide bonds. The summed E-state index contributed by atoms with van der Waals surface area (Å²) in [5.41, 5.74) is 6.19. The fourth-order valence-corrected chi connectivity index (χ4v) is 3.52. The smallest absolute Gasteiger partial charge is 0.254 e. The van der Waals surface area contributed by atoms with E-state index in [1.54, 1.807) is 6.20 Å². The molecule has 0 N–H and O–H groups in total. The van der Waals surface area contributed by atoms with Gasteiger partial charge in [-0.25, -0.2) is 0 Å². The number of hydrogen-bond donors (Lipinski definition) is 0. The molecule has 0 saturated carbocycles. The van der Waals surface area contributed by atoms with Crippen molar-refractivity contribution in [3.8, 4) is 0 Å². The number of pyridine rings is 1. The van der Waals surface area contributed by atoms with Gasteiger partial charge in [0.25, 0.3) is 5.91 Å². The topological polar surface area (TPSA) is 33.2 Å². The van der Waals surface area contributed by atoms with Gasteiger partial charge in [0.2, 0.25) is 0 Å². The second-order valence-electron chi connectivity index (χ2n) is 7.06. The maximum absolute atomic E-state index is 13.4. The van der Waals surface area contributed by atoms with Gasteiger partial charge in [-0.3, -0.25) is 9.78 Å². The van der Waals surface area contributed by atoms with E-state index in [-0.39, 0.29) is 5.91 Å². The van der Waals surface area contributed by atoms with Crippen LogP contribution in [0, 0.1) is 20.8 Å². The van der Waals surface area contributed by atoms with Crippen molar-refractivity contribution in [3.63, 3.8) is 0 Å². The number of benzene rings is 2. The number of amides is 1. The van der Waals surface area contributed by atoms with Crippen molar-refractivity contribution in [2.24, 2.45) is 0 Å². The summed E-state index contributed by atoms with van der Waals surface area (Å²) in [6.45, 7) is 7.27. The predicted octanol–water partition coefficient (Wildman–Crippen LogP) is 4.89. The van der Waals surface area contributed by atoms with E-state index < -0.39 is 0 Å². The summed E-state index contributed by atoms with van der Waals surface area (Å²) >= 11 is 0. The van der Waals surface area contributed by atoms with Crippen molar-refractivity contribution in [1.29, 1.82) is 0 Å². The van der Waals surface area contributed by atoms with E-state index >= 15 is 0 Å². The number of aromatic nitrogens is 1. The Morgan fingerprint density at radius 2 is 1.59 bits per heavy atom. The Balaban J connectivity index is 1.87. The Morgan fingerprint density at radius 1 is 0.926 bits per heavy atom. The summed E-state index contributed by atoms with van der Waals surface area (Å²) < 4.78 is 0. The Labute approximate surface area is 161 Å². The molecule has 0 aliphatic carbocycles. The highest BCUT2D eigenvalue weighted by atomic mass is 16.2. The first-order valence-electron chi connectivity index (χ1n) is 9.35. The Bertz CT molecular complexity index is 881. The van der Waals surface area contributed by atoms with Crippen LogP contribution in [0.1, 0.15) is 38.3 Å². The molecule has 0 radical (unpaired) electrons. The van der Waals surface area contributed by atoms with Crippen LogP contribution >= 0.6 is 0 Å². The van der Waals surface area contributed by atoms with Gasteiger partial charge in [0.05, 0.1) is 12.2 Å². The molecule has 1 aromatic heterocycles. The summed E-state index contributed by atoms with van der Waals surface area (Å²) in [7, 11) is 0. The minimum Gasteiger partial charge on any atom is -0.332 e. The SMILES string of the molecule is Cc1cc(C)c(C(=O)N(CCc2ccccc2)Cc2ccccn2)c(C)c1. The predicted molar refractivity (Wildman–Crippen MR) is 110 cm³/mol. The summed E-state index contributed by atoms with van der Waals surface area (Å²) in [5, 5.41) is 0. The van der Waals surface area contributed by atoms with Gasteiger partial charge in [0.1, 0.15) is 0 Å². The van der Waals surface area contributed by atoms with Crippen LogP contribution in [0.5, 0.6) is 0 Å². The number of carbonyl (C=O) groups is 1. The molecular weight excluding hydrogens is 332 g/mol. The van der Waals surface area contributed by atoms with E-state index in [1.165, 1.54) is 11.1 Å². The molecule has 0 spiro atoms. The van der Waals surface area contributed by atoms with Gasteiger partial charge >= 0.3 is 0 Å². The third kappa shape index (κ3) is 4.82. The zero-order chi connectivity index (χ0) is 19.2. The molecule has 0 atom stereocenters. The lowest BCUT2D eigenvalue weighted by Crippen LogP contribution is -2.33. The summed E-state index contributed by atoms with van der Waals surface area (Å²) in [6.07, 6.45) is 2.60. The monoisotopic (exact) mass is 358 g/mol. The van der Waals surface area contributed by atoms with Crippen LogP contribution in [-0.4, -0.2) is 22.3 Å². The number of aryl methyl sites for hydroxylation is 3. The summed E-state index contributed by atoms with van der Waals surface area (Å²) in [4.78, 5) is 19.8. The standard InChI is InChI=1S/C24H26N2O/c1-18-15-19(2)23(20(3)16-18)24(27)26(17-22-11-7-8-13-25-22)14-12-21-9-5-4-6-10-21/h4-11,13,15-16H,12,14,17H2,1-3H3. The highest BCUT2D eigenvalue weighted by Crippen LogP contribution is 2.20. The molecule has 3 aromatic rings. The molecule has 3 nitrogen and oxygen atoms in total. The minimum absolute atomic E-state index is 0.0755. The molecular formula is C24H26N2O. The average molecular weight is 358 g/mol. The molecule has 0 unspecified atom stereocenters. The van der Waals surface area contributed by atoms with E-state index in [9.17, 15) is 4.79 Å². The molecule has 138 valence electrons. The molecule has 2 aromatic carbocycles. The van der Waals surface area contributed by atoms with E-state index in [1.807, 2.05) is 55.1 Å².